The van der Waals surface area contributed by atoms with Crippen LogP contribution in [0.3, 0.4) is 0 Å². The van der Waals surface area contributed by atoms with Crippen molar-refractivity contribution in [3.8, 4) is 5.75 Å². The fourth-order valence-electron chi connectivity index (χ4n) is 2.23. The Morgan fingerprint density at radius 1 is 1.32 bits per heavy atom. The first kappa shape index (κ1) is 13.5. The molecule has 1 heterocycles. The molecule has 0 aliphatic carbocycles. The summed E-state index contributed by atoms with van der Waals surface area (Å²) < 4.78 is 5.38. The zero-order valence-corrected chi connectivity index (χ0v) is 11.3. The predicted molar refractivity (Wildman–Crippen MR) is 75.7 cm³/mol. The summed E-state index contributed by atoms with van der Waals surface area (Å²) in [6.07, 6.45) is 4.40. The number of rotatable bonds is 5. The Labute approximate surface area is 113 Å². The lowest BCUT2D eigenvalue weighted by Gasteiger charge is -2.19. The predicted octanol–water partition coefficient (Wildman–Crippen LogP) is 2.15. The van der Waals surface area contributed by atoms with Gasteiger partial charge < -0.3 is 4.74 Å². The number of aromatic nitrogens is 1. The maximum atomic E-state index is 5.70. The molecule has 100 valence electrons. The third-order valence-electron chi connectivity index (χ3n) is 3.26. The second-order valence-corrected chi connectivity index (χ2v) is 4.47. The van der Waals surface area contributed by atoms with E-state index in [1.807, 2.05) is 37.4 Å². The van der Waals surface area contributed by atoms with E-state index in [1.165, 1.54) is 0 Å². The normalized spacial score (nSPS) is 12.2. The summed E-state index contributed by atoms with van der Waals surface area (Å²) in [6, 6.07) is 10.0. The van der Waals surface area contributed by atoms with Gasteiger partial charge in [-0.05, 0) is 42.2 Å². The Bertz CT molecular complexity index is 542. The van der Waals surface area contributed by atoms with E-state index in [0.717, 1.165) is 28.9 Å². The summed E-state index contributed by atoms with van der Waals surface area (Å²) in [6.45, 7) is 2.04. The number of hydrazine groups is 1. The third kappa shape index (κ3) is 3.10. The third-order valence-corrected chi connectivity index (χ3v) is 3.26. The van der Waals surface area contributed by atoms with Gasteiger partial charge in [-0.2, -0.15) is 0 Å². The molecule has 19 heavy (non-hydrogen) atoms. The molecule has 0 amide bonds. The van der Waals surface area contributed by atoms with Gasteiger partial charge in [0.2, 0.25) is 0 Å². The standard InChI is InChI=1S/C15H19N3O/c1-11-10-17-8-7-13(11)14(18-16)9-12-5-3-4-6-15(12)19-2/h3-8,10,14,18H,9,16H2,1-2H3. The topological polar surface area (TPSA) is 60.2 Å². The Morgan fingerprint density at radius 2 is 2.11 bits per heavy atom. The molecule has 0 aliphatic rings. The van der Waals surface area contributed by atoms with Crippen molar-refractivity contribution in [2.75, 3.05) is 7.11 Å². The number of ether oxygens (including phenoxy) is 1. The maximum absolute atomic E-state index is 5.70. The molecular formula is C15H19N3O. The highest BCUT2D eigenvalue weighted by Gasteiger charge is 2.15. The van der Waals surface area contributed by atoms with Crippen molar-refractivity contribution in [2.24, 2.45) is 5.84 Å². The number of hydrogen-bond acceptors (Lipinski definition) is 4. The smallest absolute Gasteiger partial charge is 0.122 e. The molecule has 4 nitrogen and oxygen atoms in total. The quantitative estimate of drug-likeness (QED) is 0.636. The van der Waals surface area contributed by atoms with Gasteiger partial charge >= 0.3 is 0 Å². The van der Waals surface area contributed by atoms with Crippen LogP contribution < -0.4 is 16.0 Å². The van der Waals surface area contributed by atoms with Gasteiger partial charge in [-0.15, -0.1) is 0 Å². The van der Waals surface area contributed by atoms with Gasteiger partial charge in [-0.3, -0.25) is 16.3 Å². The molecule has 3 N–H and O–H groups in total. The summed E-state index contributed by atoms with van der Waals surface area (Å²) in [4.78, 5) is 4.11. The van der Waals surface area contributed by atoms with Gasteiger partial charge in [0.15, 0.2) is 0 Å². The minimum absolute atomic E-state index is 0.0410. The zero-order valence-electron chi connectivity index (χ0n) is 11.3. The van der Waals surface area contributed by atoms with E-state index in [1.54, 1.807) is 13.3 Å². The molecule has 1 atom stereocenters. The second-order valence-electron chi connectivity index (χ2n) is 4.47. The highest BCUT2D eigenvalue weighted by atomic mass is 16.5. The molecule has 0 radical (unpaired) electrons. The van der Waals surface area contributed by atoms with Crippen molar-refractivity contribution >= 4 is 0 Å². The Balaban J connectivity index is 2.27. The summed E-state index contributed by atoms with van der Waals surface area (Å²) in [5.41, 5.74) is 6.29. The van der Waals surface area contributed by atoms with Crippen LogP contribution in [-0.2, 0) is 6.42 Å². The fourth-order valence-corrected chi connectivity index (χ4v) is 2.23. The number of nitrogens with zero attached hydrogens (tertiary/aromatic N) is 1. The summed E-state index contributed by atoms with van der Waals surface area (Å²) in [5, 5.41) is 0. The second kappa shape index (κ2) is 6.31. The van der Waals surface area contributed by atoms with E-state index in [0.29, 0.717) is 0 Å². The van der Waals surface area contributed by atoms with Crippen molar-refractivity contribution < 1.29 is 4.74 Å². The van der Waals surface area contributed by atoms with Gasteiger partial charge in [0, 0.05) is 12.4 Å². The Kier molecular flexibility index (Phi) is 4.49. The number of methoxy groups -OCH3 is 1. The highest BCUT2D eigenvalue weighted by Crippen LogP contribution is 2.25. The minimum Gasteiger partial charge on any atom is -0.496 e. The largest absolute Gasteiger partial charge is 0.496 e. The molecule has 0 saturated heterocycles. The van der Waals surface area contributed by atoms with Crippen LogP contribution in [-0.4, -0.2) is 12.1 Å². The maximum Gasteiger partial charge on any atom is 0.122 e. The van der Waals surface area contributed by atoms with Crippen LogP contribution in [0.25, 0.3) is 0 Å². The van der Waals surface area contributed by atoms with Gasteiger partial charge in [-0.25, -0.2) is 0 Å². The zero-order chi connectivity index (χ0) is 13.7. The van der Waals surface area contributed by atoms with E-state index >= 15 is 0 Å². The summed E-state index contributed by atoms with van der Waals surface area (Å²) >= 11 is 0. The van der Waals surface area contributed by atoms with Gasteiger partial charge in [0.1, 0.15) is 5.75 Å². The van der Waals surface area contributed by atoms with Crippen molar-refractivity contribution in [3.05, 3.63) is 59.4 Å². The first-order valence-electron chi connectivity index (χ1n) is 6.24. The number of benzene rings is 1. The number of aryl methyl sites for hydroxylation is 1. The lowest BCUT2D eigenvalue weighted by atomic mass is 9.97. The monoisotopic (exact) mass is 257 g/mol. The van der Waals surface area contributed by atoms with Crippen molar-refractivity contribution in [2.45, 2.75) is 19.4 Å². The molecular weight excluding hydrogens is 238 g/mol. The van der Waals surface area contributed by atoms with Crippen molar-refractivity contribution in [3.63, 3.8) is 0 Å². The van der Waals surface area contributed by atoms with E-state index in [9.17, 15) is 0 Å². The lowest BCUT2D eigenvalue weighted by molar-refractivity contribution is 0.405. The van der Waals surface area contributed by atoms with Crippen LogP contribution in [0, 0.1) is 6.92 Å². The average Bonchev–Trinajstić information content (AvgIpc) is 2.46. The first-order chi connectivity index (χ1) is 9.26. The number of para-hydroxylation sites is 1. The van der Waals surface area contributed by atoms with Gasteiger partial charge in [0.05, 0.1) is 13.2 Å². The molecule has 1 aromatic carbocycles. The average molecular weight is 257 g/mol. The number of pyridine rings is 1. The first-order valence-corrected chi connectivity index (χ1v) is 6.24. The highest BCUT2D eigenvalue weighted by molar-refractivity contribution is 5.36. The van der Waals surface area contributed by atoms with Crippen LogP contribution in [0.15, 0.2) is 42.7 Å². The minimum atomic E-state index is 0.0410. The number of nitrogens with two attached hydrogens (primary N) is 1. The molecule has 0 aliphatic heterocycles. The molecule has 0 saturated carbocycles. The van der Waals surface area contributed by atoms with E-state index in [2.05, 4.69) is 16.5 Å². The number of nitrogens with one attached hydrogen (secondary N) is 1. The molecule has 2 rings (SSSR count). The van der Waals surface area contributed by atoms with E-state index in [-0.39, 0.29) is 6.04 Å². The van der Waals surface area contributed by atoms with Gasteiger partial charge in [-0.1, -0.05) is 18.2 Å². The van der Waals surface area contributed by atoms with Crippen LogP contribution in [0.1, 0.15) is 22.7 Å². The van der Waals surface area contributed by atoms with E-state index < -0.39 is 0 Å². The van der Waals surface area contributed by atoms with Crippen LogP contribution in [0.2, 0.25) is 0 Å². The summed E-state index contributed by atoms with van der Waals surface area (Å²) in [5.74, 6) is 6.59. The lowest BCUT2D eigenvalue weighted by Crippen LogP contribution is -2.30. The van der Waals surface area contributed by atoms with Crippen LogP contribution >= 0.6 is 0 Å². The van der Waals surface area contributed by atoms with Gasteiger partial charge in [0.25, 0.3) is 0 Å². The molecule has 2 aromatic rings. The van der Waals surface area contributed by atoms with Crippen molar-refractivity contribution in [1.29, 1.82) is 0 Å². The Morgan fingerprint density at radius 3 is 2.79 bits per heavy atom. The number of hydrogen-bond donors (Lipinski definition) is 2. The SMILES string of the molecule is COc1ccccc1CC(NN)c1ccncc1C. The Hall–Kier alpha value is -1.91. The molecule has 0 fully saturated rings. The summed E-state index contributed by atoms with van der Waals surface area (Å²) in [7, 11) is 1.68. The molecule has 0 spiro atoms. The van der Waals surface area contributed by atoms with Crippen LogP contribution in [0.5, 0.6) is 5.75 Å². The van der Waals surface area contributed by atoms with Crippen molar-refractivity contribution in [1.82, 2.24) is 10.4 Å². The molecule has 4 heteroatoms. The fraction of sp³-hybridized carbons (Fsp3) is 0.267. The van der Waals surface area contributed by atoms with Crippen LogP contribution in [0.4, 0.5) is 0 Å². The molecule has 1 aromatic heterocycles. The molecule has 0 bridgehead atoms. The van der Waals surface area contributed by atoms with E-state index in [4.69, 9.17) is 10.6 Å². The molecule has 1 unspecified atom stereocenters.